The van der Waals surface area contributed by atoms with Crippen LogP contribution >= 0.6 is 0 Å². The van der Waals surface area contributed by atoms with Crippen LogP contribution in [0.25, 0.3) is 0 Å². The van der Waals surface area contributed by atoms with Crippen LogP contribution in [-0.2, 0) is 6.54 Å². The van der Waals surface area contributed by atoms with Crippen LogP contribution in [0.2, 0.25) is 0 Å². The Labute approximate surface area is 112 Å². The zero-order valence-corrected chi connectivity index (χ0v) is 11.1. The van der Waals surface area contributed by atoms with E-state index in [-0.39, 0.29) is 0 Å². The van der Waals surface area contributed by atoms with Crippen molar-refractivity contribution in [3.8, 4) is 0 Å². The SMILES string of the molecule is CC(C)c1ccc(CNc2ccc(F)c(F)c2)cc1. The third-order valence-electron chi connectivity index (χ3n) is 3.06. The van der Waals surface area contributed by atoms with Gasteiger partial charge < -0.3 is 5.32 Å². The average molecular weight is 261 g/mol. The molecule has 2 aromatic rings. The van der Waals surface area contributed by atoms with Crippen LogP contribution in [0.15, 0.2) is 42.5 Å². The summed E-state index contributed by atoms with van der Waals surface area (Å²) in [7, 11) is 0. The smallest absolute Gasteiger partial charge is 0.160 e. The molecule has 0 fully saturated rings. The second-order valence-electron chi connectivity index (χ2n) is 4.88. The van der Waals surface area contributed by atoms with Gasteiger partial charge in [0.25, 0.3) is 0 Å². The molecular weight excluding hydrogens is 244 g/mol. The largest absolute Gasteiger partial charge is 0.381 e. The van der Waals surface area contributed by atoms with E-state index < -0.39 is 11.6 Å². The van der Waals surface area contributed by atoms with Crippen molar-refractivity contribution in [2.24, 2.45) is 0 Å². The van der Waals surface area contributed by atoms with Crippen LogP contribution in [0.1, 0.15) is 30.9 Å². The molecule has 0 spiro atoms. The van der Waals surface area contributed by atoms with Crippen molar-refractivity contribution in [3.63, 3.8) is 0 Å². The number of anilines is 1. The number of hydrogen-bond donors (Lipinski definition) is 1. The van der Waals surface area contributed by atoms with Gasteiger partial charge in [0.2, 0.25) is 0 Å². The van der Waals surface area contributed by atoms with Gasteiger partial charge in [-0.3, -0.25) is 0 Å². The third-order valence-corrected chi connectivity index (χ3v) is 3.06. The lowest BCUT2D eigenvalue weighted by Gasteiger charge is -2.09. The Hall–Kier alpha value is -1.90. The number of rotatable bonds is 4. The molecule has 0 aliphatic carbocycles. The first kappa shape index (κ1) is 13.5. The highest BCUT2D eigenvalue weighted by atomic mass is 19.2. The maximum atomic E-state index is 13.0. The summed E-state index contributed by atoms with van der Waals surface area (Å²) >= 11 is 0. The Morgan fingerprint density at radius 3 is 2.21 bits per heavy atom. The minimum atomic E-state index is -0.833. The van der Waals surface area contributed by atoms with Gasteiger partial charge in [-0.2, -0.15) is 0 Å². The Morgan fingerprint density at radius 1 is 0.947 bits per heavy atom. The number of halogens is 2. The van der Waals surface area contributed by atoms with Gasteiger partial charge >= 0.3 is 0 Å². The average Bonchev–Trinajstić information content (AvgIpc) is 2.40. The number of benzene rings is 2. The molecule has 2 rings (SSSR count). The molecule has 0 radical (unpaired) electrons. The quantitative estimate of drug-likeness (QED) is 0.841. The van der Waals surface area contributed by atoms with Gasteiger partial charge in [-0.25, -0.2) is 8.78 Å². The fourth-order valence-corrected chi connectivity index (χ4v) is 1.83. The molecule has 2 aromatic carbocycles. The third kappa shape index (κ3) is 3.53. The van der Waals surface area contributed by atoms with Gasteiger partial charge in [-0.1, -0.05) is 38.1 Å². The minimum absolute atomic E-state index is 0.508. The zero-order chi connectivity index (χ0) is 13.8. The molecule has 1 N–H and O–H groups in total. The first-order valence-corrected chi connectivity index (χ1v) is 6.34. The highest BCUT2D eigenvalue weighted by Gasteiger charge is 2.03. The summed E-state index contributed by atoms with van der Waals surface area (Å²) < 4.78 is 25.8. The monoisotopic (exact) mass is 261 g/mol. The standard InChI is InChI=1S/C16H17F2N/c1-11(2)13-5-3-12(4-6-13)10-19-14-7-8-15(17)16(18)9-14/h3-9,11,19H,10H2,1-2H3. The van der Waals surface area contributed by atoms with Crippen LogP contribution in [0, 0.1) is 11.6 Å². The minimum Gasteiger partial charge on any atom is -0.381 e. The zero-order valence-electron chi connectivity index (χ0n) is 11.1. The highest BCUT2D eigenvalue weighted by molar-refractivity contribution is 5.44. The molecule has 0 amide bonds. The van der Waals surface area contributed by atoms with Crippen molar-refractivity contribution in [3.05, 3.63) is 65.2 Å². The molecule has 0 atom stereocenters. The first-order valence-electron chi connectivity index (χ1n) is 6.34. The van der Waals surface area contributed by atoms with Crippen LogP contribution in [-0.4, -0.2) is 0 Å². The molecule has 3 heteroatoms. The van der Waals surface area contributed by atoms with E-state index in [2.05, 4.69) is 31.3 Å². The summed E-state index contributed by atoms with van der Waals surface area (Å²) in [6.45, 7) is 4.88. The van der Waals surface area contributed by atoms with Gasteiger partial charge in [0.15, 0.2) is 11.6 Å². The summed E-state index contributed by atoms with van der Waals surface area (Å²) in [4.78, 5) is 0. The Kier molecular flexibility index (Phi) is 4.15. The molecule has 0 bridgehead atoms. The summed E-state index contributed by atoms with van der Waals surface area (Å²) in [5, 5.41) is 3.07. The van der Waals surface area contributed by atoms with Crippen molar-refractivity contribution in [2.75, 3.05) is 5.32 Å². The molecule has 100 valence electrons. The normalized spacial score (nSPS) is 10.8. The van der Waals surface area contributed by atoms with Crippen LogP contribution in [0.4, 0.5) is 14.5 Å². The lowest BCUT2D eigenvalue weighted by atomic mass is 10.0. The van der Waals surface area contributed by atoms with E-state index in [1.165, 1.54) is 11.6 Å². The molecule has 0 aliphatic rings. The number of hydrogen-bond acceptors (Lipinski definition) is 1. The Bertz CT molecular complexity index is 547. The molecule has 0 aromatic heterocycles. The Balaban J connectivity index is 2.00. The van der Waals surface area contributed by atoms with E-state index >= 15 is 0 Å². The van der Waals surface area contributed by atoms with E-state index in [4.69, 9.17) is 0 Å². The maximum Gasteiger partial charge on any atom is 0.160 e. The van der Waals surface area contributed by atoms with Crippen molar-refractivity contribution >= 4 is 5.69 Å². The fourth-order valence-electron chi connectivity index (χ4n) is 1.83. The van der Waals surface area contributed by atoms with Gasteiger partial charge in [0.05, 0.1) is 0 Å². The van der Waals surface area contributed by atoms with Gasteiger partial charge in [-0.05, 0) is 29.2 Å². The topological polar surface area (TPSA) is 12.0 Å². The van der Waals surface area contributed by atoms with Gasteiger partial charge in [0.1, 0.15) is 0 Å². The second-order valence-corrected chi connectivity index (χ2v) is 4.88. The first-order chi connectivity index (χ1) is 9.06. The van der Waals surface area contributed by atoms with E-state index in [0.717, 1.165) is 17.7 Å². The Morgan fingerprint density at radius 2 is 1.63 bits per heavy atom. The van der Waals surface area contributed by atoms with Gasteiger partial charge in [0, 0.05) is 18.3 Å². The molecule has 19 heavy (non-hydrogen) atoms. The molecule has 0 saturated carbocycles. The lowest BCUT2D eigenvalue weighted by Crippen LogP contribution is -2.00. The van der Waals surface area contributed by atoms with E-state index in [1.807, 2.05) is 12.1 Å². The molecule has 1 nitrogen and oxygen atoms in total. The maximum absolute atomic E-state index is 13.0. The van der Waals surface area contributed by atoms with E-state index in [1.54, 1.807) is 0 Å². The van der Waals surface area contributed by atoms with Crippen LogP contribution in [0.5, 0.6) is 0 Å². The molecule has 0 saturated heterocycles. The summed E-state index contributed by atoms with van der Waals surface area (Å²) in [5.41, 5.74) is 2.97. The van der Waals surface area contributed by atoms with E-state index in [0.29, 0.717) is 18.2 Å². The van der Waals surface area contributed by atoms with Gasteiger partial charge in [-0.15, -0.1) is 0 Å². The molecule has 0 aliphatic heterocycles. The predicted molar refractivity (Wildman–Crippen MR) is 74.2 cm³/mol. The second kappa shape index (κ2) is 5.83. The summed E-state index contributed by atoms with van der Waals surface area (Å²) in [6, 6.07) is 12.1. The lowest BCUT2D eigenvalue weighted by molar-refractivity contribution is 0.509. The molecule has 0 heterocycles. The molecular formula is C16H17F2N. The fraction of sp³-hybridized carbons (Fsp3) is 0.250. The molecule has 0 unspecified atom stereocenters. The van der Waals surface area contributed by atoms with Crippen molar-refractivity contribution in [1.82, 2.24) is 0 Å². The number of nitrogens with one attached hydrogen (secondary N) is 1. The predicted octanol–water partition coefficient (Wildman–Crippen LogP) is 4.70. The highest BCUT2D eigenvalue weighted by Crippen LogP contribution is 2.17. The van der Waals surface area contributed by atoms with E-state index in [9.17, 15) is 8.78 Å². The summed E-state index contributed by atoms with van der Waals surface area (Å²) in [5.74, 6) is -1.15. The van der Waals surface area contributed by atoms with Crippen LogP contribution in [0.3, 0.4) is 0 Å². The van der Waals surface area contributed by atoms with Crippen LogP contribution < -0.4 is 5.32 Å². The van der Waals surface area contributed by atoms with Crippen molar-refractivity contribution < 1.29 is 8.78 Å². The van der Waals surface area contributed by atoms with Crippen molar-refractivity contribution in [1.29, 1.82) is 0 Å². The summed E-state index contributed by atoms with van der Waals surface area (Å²) in [6.07, 6.45) is 0. The van der Waals surface area contributed by atoms with Crippen molar-refractivity contribution in [2.45, 2.75) is 26.3 Å².